The zero-order chi connectivity index (χ0) is 12.0. The fraction of sp³-hybridized carbons (Fsp3) is 0.300. The van der Waals surface area contributed by atoms with Gasteiger partial charge in [-0.15, -0.1) is 0 Å². The summed E-state index contributed by atoms with van der Waals surface area (Å²) >= 11 is 0. The molecule has 2 N–H and O–H groups in total. The Hall–Kier alpha value is -2.20. The Morgan fingerprint density at radius 3 is 2.62 bits per heavy atom. The van der Waals surface area contributed by atoms with Gasteiger partial charge in [-0.25, -0.2) is 4.79 Å². The lowest BCUT2D eigenvalue weighted by Crippen LogP contribution is -2.35. The SMILES string of the molecule is C[C@@H](NC(=O)O)[C@H](N=[N+]=[N-])c1ccccc1. The Morgan fingerprint density at radius 1 is 1.50 bits per heavy atom. The van der Waals surface area contributed by atoms with E-state index in [-0.39, 0.29) is 0 Å². The van der Waals surface area contributed by atoms with Crippen LogP contribution in [0.5, 0.6) is 0 Å². The van der Waals surface area contributed by atoms with Crippen molar-refractivity contribution in [3.05, 3.63) is 46.3 Å². The van der Waals surface area contributed by atoms with Crippen molar-refractivity contribution in [3.63, 3.8) is 0 Å². The highest BCUT2D eigenvalue weighted by Crippen LogP contribution is 2.21. The smallest absolute Gasteiger partial charge is 0.404 e. The highest BCUT2D eigenvalue weighted by Gasteiger charge is 2.19. The predicted octanol–water partition coefficient (Wildman–Crippen LogP) is 2.69. The van der Waals surface area contributed by atoms with Crippen molar-refractivity contribution in [2.24, 2.45) is 5.11 Å². The molecule has 1 aromatic carbocycles. The standard InChI is InChI=1S/C10H12N4O2/c1-7(12-10(15)16)9(13-14-11)8-5-3-2-4-6-8/h2-7,9,12H,1H3,(H,15,16)/t7-,9+/m1/s1. The van der Waals surface area contributed by atoms with Gasteiger partial charge in [0.25, 0.3) is 0 Å². The second-order valence-corrected chi connectivity index (χ2v) is 3.30. The number of carboxylic acid groups (broad SMARTS) is 1. The predicted molar refractivity (Wildman–Crippen MR) is 59.0 cm³/mol. The molecule has 2 atom stereocenters. The minimum atomic E-state index is -1.14. The number of hydrogen-bond acceptors (Lipinski definition) is 2. The first-order chi connectivity index (χ1) is 7.65. The number of carbonyl (C=O) groups is 1. The molecule has 0 heterocycles. The zero-order valence-electron chi connectivity index (χ0n) is 8.74. The van der Waals surface area contributed by atoms with Crippen molar-refractivity contribution in [1.82, 2.24) is 5.32 Å². The van der Waals surface area contributed by atoms with Gasteiger partial charge < -0.3 is 10.4 Å². The summed E-state index contributed by atoms with van der Waals surface area (Å²) in [5.41, 5.74) is 9.24. The minimum Gasteiger partial charge on any atom is -0.465 e. The van der Waals surface area contributed by atoms with E-state index in [0.29, 0.717) is 0 Å². The third-order valence-corrected chi connectivity index (χ3v) is 2.14. The van der Waals surface area contributed by atoms with Crippen molar-refractivity contribution in [2.45, 2.75) is 19.0 Å². The highest BCUT2D eigenvalue weighted by atomic mass is 16.4. The maximum atomic E-state index is 10.5. The van der Waals surface area contributed by atoms with Crippen LogP contribution < -0.4 is 5.32 Å². The molecule has 0 aliphatic heterocycles. The summed E-state index contributed by atoms with van der Waals surface area (Å²) in [6, 6.07) is 8.02. The molecule has 0 unspecified atom stereocenters. The minimum absolute atomic E-state index is 0.476. The van der Waals surface area contributed by atoms with Crippen LogP contribution in [0, 0.1) is 0 Å². The first kappa shape index (κ1) is 11.9. The molecule has 0 aliphatic rings. The molecule has 0 saturated carbocycles. The molecule has 0 spiro atoms. The third-order valence-electron chi connectivity index (χ3n) is 2.14. The van der Waals surface area contributed by atoms with Crippen LogP contribution in [-0.2, 0) is 0 Å². The van der Waals surface area contributed by atoms with Crippen LogP contribution in [0.3, 0.4) is 0 Å². The molecule has 1 rings (SSSR count). The second-order valence-electron chi connectivity index (χ2n) is 3.30. The van der Waals surface area contributed by atoms with Crippen LogP contribution in [0.4, 0.5) is 4.79 Å². The van der Waals surface area contributed by atoms with E-state index in [4.69, 9.17) is 10.6 Å². The van der Waals surface area contributed by atoms with Gasteiger partial charge in [-0.1, -0.05) is 35.4 Å². The second kappa shape index (κ2) is 5.63. The molecule has 0 radical (unpaired) electrons. The Morgan fingerprint density at radius 2 is 2.12 bits per heavy atom. The van der Waals surface area contributed by atoms with Gasteiger partial charge in [0, 0.05) is 11.0 Å². The maximum absolute atomic E-state index is 10.5. The molecule has 84 valence electrons. The largest absolute Gasteiger partial charge is 0.465 e. The van der Waals surface area contributed by atoms with Crippen molar-refractivity contribution >= 4 is 6.09 Å². The highest BCUT2D eigenvalue weighted by molar-refractivity contribution is 5.65. The molecule has 16 heavy (non-hydrogen) atoms. The molecule has 0 bridgehead atoms. The van der Waals surface area contributed by atoms with Crippen LogP contribution in [0.25, 0.3) is 10.4 Å². The van der Waals surface area contributed by atoms with E-state index < -0.39 is 18.2 Å². The molecule has 6 heteroatoms. The third kappa shape index (κ3) is 3.18. The number of nitrogens with one attached hydrogen (secondary N) is 1. The van der Waals surface area contributed by atoms with Gasteiger partial charge in [0.15, 0.2) is 0 Å². The monoisotopic (exact) mass is 220 g/mol. The number of benzene rings is 1. The van der Waals surface area contributed by atoms with E-state index in [1.165, 1.54) is 0 Å². The van der Waals surface area contributed by atoms with Crippen molar-refractivity contribution in [2.75, 3.05) is 0 Å². The Kier molecular flexibility index (Phi) is 4.17. The molecular formula is C10H12N4O2. The molecule has 0 aromatic heterocycles. The van der Waals surface area contributed by atoms with E-state index >= 15 is 0 Å². The topological polar surface area (TPSA) is 98.1 Å². The first-order valence-corrected chi connectivity index (χ1v) is 4.73. The molecular weight excluding hydrogens is 208 g/mol. The molecule has 0 fully saturated rings. The molecule has 0 saturated heterocycles. The summed E-state index contributed by atoms with van der Waals surface area (Å²) in [5, 5.41) is 14.5. The fourth-order valence-electron chi connectivity index (χ4n) is 1.43. The van der Waals surface area contributed by atoms with Gasteiger partial charge in [0.05, 0.1) is 6.04 Å². The van der Waals surface area contributed by atoms with Gasteiger partial charge in [-0.3, -0.25) is 0 Å². The summed E-state index contributed by atoms with van der Waals surface area (Å²) in [7, 11) is 0. The van der Waals surface area contributed by atoms with Crippen LogP contribution in [0.1, 0.15) is 18.5 Å². The maximum Gasteiger partial charge on any atom is 0.404 e. The summed E-state index contributed by atoms with van der Waals surface area (Å²) < 4.78 is 0. The first-order valence-electron chi connectivity index (χ1n) is 4.73. The molecule has 1 amide bonds. The zero-order valence-corrected chi connectivity index (χ0v) is 8.74. The number of azide groups is 1. The van der Waals surface area contributed by atoms with Crippen molar-refractivity contribution in [3.8, 4) is 0 Å². The van der Waals surface area contributed by atoms with Crippen LogP contribution in [0.2, 0.25) is 0 Å². The van der Waals surface area contributed by atoms with Crippen molar-refractivity contribution in [1.29, 1.82) is 0 Å². The normalized spacial score (nSPS) is 13.3. The number of nitrogens with zero attached hydrogens (tertiary/aromatic N) is 3. The Bertz CT molecular complexity index is 401. The van der Waals surface area contributed by atoms with Crippen LogP contribution in [0.15, 0.2) is 35.4 Å². The molecule has 1 aromatic rings. The summed E-state index contributed by atoms with van der Waals surface area (Å²) in [4.78, 5) is 13.2. The van der Waals surface area contributed by atoms with Crippen LogP contribution >= 0.6 is 0 Å². The summed E-state index contributed by atoms with van der Waals surface area (Å²) in [6.45, 7) is 1.65. The average molecular weight is 220 g/mol. The van der Waals surface area contributed by atoms with E-state index in [1.54, 1.807) is 19.1 Å². The Balaban J connectivity index is 2.91. The Labute approximate surface area is 92.5 Å². The lowest BCUT2D eigenvalue weighted by Gasteiger charge is -2.19. The van der Waals surface area contributed by atoms with Gasteiger partial charge in [-0.2, -0.15) is 0 Å². The van der Waals surface area contributed by atoms with E-state index in [9.17, 15) is 4.79 Å². The fourth-order valence-corrected chi connectivity index (χ4v) is 1.43. The van der Waals surface area contributed by atoms with E-state index in [2.05, 4.69) is 15.3 Å². The molecule has 0 aliphatic carbocycles. The summed E-state index contributed by atoms with van der Waals surface area (Å²) in [6.07, 6.45) is -1.14. The summed E-state index contributed by atoms with van der Waals surface area (Å²) in [5.74, 6) is 0. The van der Waals surface area contributed by atoms with Gasteiger partial charge in [0.1, 0.15) is 0 Å². The average Bonchev–Trinajstić information content (AvgIpc) is 2.26. The number of rotatable bonds is 4. The number of hydrogen-bond donors (Lipinski definition) is 2. The van der Waals surface area contributed by atoms with Gasteiger partial charge >= 0.3 is 6.09 Å². The van der Waals surface area contributed by atoms with Gasteiger partial charge in [0.2, 0.25) is 0 Å². The number of amides is 1. The lowest BCUT2D eigenvalue weighted by atomic mass is 10.0. The van der Waals surface area contributed by atoms with Crippen molar-refractivity contribution < 1.29 is 9.90 Å². The van der Waals surface area contributed by atoms with E-state index in [1.807, 2.05) is 18.2 Å². The molecule has 6 nitrogen and oxygen atoms in total. The van der Waals surface area contributed by atoms with Gasteiger partial charge in [-0.05, 0) is 18.0 Å². The quantitative estimate of drug-likeness (QED) is 0.463. The van der Waals surface area contributed by atoms with Crippen LogP contribution in [-0.4, -0.2) is 17.2 Å². The lowest BCUT2D eigenvalue weighted by molar-refractivity contribution is 0.189. The van der Waals surface area contributed by atoms with E-state index in [0.717, 1.165) is 5.56 Å².